The van der Waals surface area contributed by atoms with E-state index in [4.69, 9.17) is 9.97 Å². The van der Waals surface area contributed by atoms with E-state index in [-0.39, 0.29) is 5.56 Å². The number of halogens is 1. The van der Waals surface area contributed by atoms with Gasteiger partial charge in [0, 0.05) is 18.0 Å². The third-order valence-corrected chi connectivity index (χ3v) is 6.56. The Labute approximate surface area is 179 Å². The summed E-state index contributed by atoms with van der Waals surface area (Å²) < 4.78 is 13.8. The standard InChI is InChI=1S/C22H26FN5OS/c1-14-15(2)30-22-19(14)20(26-18(27-22)13-28-11-5-6-12-28)24-9-10-25-21(29)16-7-3-4-8-17(16)23/h3-4,7-8H,5-6,9-13H2,1-2H3,(H,25,29)(H,24,26,27). The number of hydrogen-bond donors (Lipinski definition) is 2. The summed E-state index contributed by atoms with van der Waals surface area (Å²) in [6, 6.07) is 5.99. The minimum absolute atomic E-state index is 0.0547. The number of aryl methyl sites for hydroxylation is 2. The molecule has 1 aliphatic heterocycles. The molecule has 0 radical (unpaired) electrons. The van der Waals surface area contributed by atoms with E-state index in [0.717, 1.165) is 41.5 Å². The van der Waals surface area contributed by atoms with Crippen LogP contribution >= 0.6 is 11.3 Å². The van der Waals surface area contributed by atoms with Crippen LogP contribution in [0.5, 0.6) is 0 Å². The zero-order valence-corrected chi connectivity index (χ0v) is 18.1. The van der Waals surface area contributed by atoms with Crippen molar-refractivity contribution in [1.29, 1.82) is 0 Å². The lowest BCUT2D eigenvalue weighted by Crippen LogP contribution is -2.29. The molecule has 1 aliphatic rings. The molecule has 0 bridgehead atoms. The Morgan fingerprint density at radius 3 is 2.70 bits per heavy atom. The molecule has 158 valence electrons. The molecule has 0 saturated carbocycles. The molecule has 1 saturated heterocycles. The Bertz CT molecular complexity index is 1060. The zero-order chi connectivity index (χ0) is 21.1. The Morgan fingerprint density at radius 1 is 1.17 bits per heavy atom. The van der Waals surface area contributed by atoms with Crippen molar-refractivity contribution >= 4 is 33.3 Å². The van der Waals surface area contributed by atoms with Crippen LogP contribution in [0.4, 0.5) is 10.2 Å². The van der Waals surface area contributed by atoms with Crippen molar-refractivity contribution in [2.75, 3.05) is 31.5 Å². The molecule has 0 spiro atoms. The van der Waals surface area contributed by atoms with Gasteiger partial charge in [0.05, 0.1) is 17.5 Å². The van der Waals surface area contributed by atoms with Crippen molar-refractivity contribution in [1.82, 2.24) is 20.2 Å². The molecule has 2 N–H and O–H groups in total. The number of likely N-dealkylation sites (tertiary alicyclic amines) is 1. The van der Waals surface area contributed by atoms with Crippen LogP contribution in [-0.4, -0.2) is 47.0 Å². The number of benzene rings is 1. The average Bonchev–Trinajstić information content (AvgIpc) is 3.33. The smallest absolute Gasteiger partial charge is 0.254 e. The number of carbonyl (C=O) groups excluding carboxylic acids is 1. The van der Waals surface area contributed by atoms with Crippen molar-refractivity contribution in [3.05, 3.63) is 51.9 Å². The normalized spacial score (nSPS) is 14.4. The van der Waals surface area contributed by atoms with Crippen LogP contribution < -0.4 is 10.6 Å². The van der Waals surface area contributed by atoms with E-state index in [9.17, 15) is 9.18 Å². The summed E-state index contributed by atoms with van der Waals surface area (Å²) in [4.78, 5) is 26.4. The molecule has 6 nitrogen and oxygen atoms in total. The maximum absolute atomic E-state index is 13.8. The summed E-state index contributed by atoms with van der Waals surface area (Å²) in [5, 5.41) is 7.16. The molecule has 1 aromatic carbocycles. The van der Waals surface area contributed by atoms with Crippen LogP contribution in [0.25, 0.3) is 10.2 Å². The van der Waals surface area contributed by atoms with Gasteiger partial charge in [0.15, 0.2) is 0 Å². The Balaban J connectivity index is 1.45. The van der Waals surface area contributed by atoms with Gasteiger partial charge in [-0.2, -0.15) is 0 Å². The van der Waals surface area contributed by atoms with Gasteiger partial charge in [0.2, 0.25) is 0 Å². The highest BCUT2D eigenvalue weighted by Crippen LogP contribution is 2.33. The highest BCUT2D eigenvalue weighted by Gasteiger charge is 2.18. The van der Waals surface area contributed by atoms with Crippen LogP contribution in [0.1, 0.15) is 39.5 Å². The quantitative estimate of drug-likeness (QED) is 0.560. The van der Waals surface area contributed by atoms with Gasteiger partial charge in [-0.25, -0.2) is 14.4 Å². The maximum atomic E-state index is 13.8. The third-order valence-electron chi connectivity index (χ3n) is 5.46. The van der Waals surface area contributed by atoms with E-state index >= 15 is 0 Å². The van der Waals surface area contributed by atoms with Crippen molar-refractivity contribution in [2.24, 2.45) is 0 Å². The van der Waals surface area contributed by atoms with E-state index in [1.54, 1.807) is 23.5 Å². The van der Waals surface area contributed by atoms with Gasteiger partial charge in [-0.15, -0.1) is 11.3 Å². The van der Waals surface area contributed by atoms with Crippen LogP contribution in [0.3, 0.4) is 0 Å². The second-order valence-electron chi connectivity index (χ2n) is 7.60. The fourth-order valence-corrected chi connectivity index (χ4v) is 4.78. The molecule has 3 aromatic rings. The molecule has 2 aromatic heterocycles. The highest BCUT2D eigenvalue weighted by molar-refractivity contribution is 7.18. The van der Waals surface area contributed by atoms with Crippen LogP contribution in [0, 0.1) is 19.7 Å². The van der Waals surface area contributed by atoms with Gasteiger partial charge in [-0.1, -0.05) is 12.1 Å². The molecule has 1 amide bonds. The lowest BCUT2D eigenvalue weighted by Gasteiger charge is -2.15. The number of rotatable bonds is 7. The molecule has 4 rings (SSSR count). The summed E-state index contributed by atoms with van der Waals surface area (Å²) >= 11 is 1.69. The average molecular weight is 428 g/mol. The van der Waals surface area contributed by atoms with Gasteiger partial charge in [-0.05, 0) is 57.5 Å². The van der Waals surface area contributed by atoms with Gasteiger partial charge < -0.3 is 10.6 Å². The second-order valence-corrected chi connectivity index (χ2v) is 8.80. The number of nitrogens with zero attached hydrogens (tertiary/aromatic N) is 3. The molecular weight excluding hydrogens is 401 g/mol. The van der Waals surface area contributed by atoms with Crippen molar-refractivity contribution < 1.29 is 9.18 Å². The van der Waals surface area contributed by atoms with Crippen LogP contribution in [0.2, 0.25) is 0 Å². The first-order valence-corrected chi connectivity index (χ1v) is 11.1. The zero-order valence-electron chi connectivity index (χ0n) is 17.3. The van der Waals surface area contributed by atoms with Crippen LogP contribution in [0.15, 0.2) is 24.3 Å². The van der Waals surface area contributed by atoms with Gasteiger partial charge in [0.25, 0.3) is 5.91 Å². The number of thiophene rings is 1. The predicted molar refractivity (Wildman–Crippen MR) is 119 cm³/mol. The predicted octanol–water partition coefficient (Wildman–Crippen LogP) is 3.88. The summed E-state index contributed by atoms with van der Waals surface area (Å²) in [6.07, 6.45) is 2.46. The second kappa shape index (κ2) is 9.06. The molecule has 1 fully saturated rings. The number of aromatic nitrogens is 2. The lowest BCUT2D eigenvalue weighted by molar-refractivity contribution is 0.0951. The number of carbonyl (C=O) groups is 1. The van der Waals surface area contributed by atoms with E-state index in [1.807, 2.05) is 0 Å². The molecule has 8 heteroatoms. The monoisotopic (exact) mass is 427 g/mol. The summed E-state index contributed by atoms with van der Waals surface area (Å²) in [6.45, 7) is 7.98. The third kappa shape index (κ3) is 4.44. The first-order chi connectivity index (χ1) is 14.5. The summed E-state index contributed by atoms with van der Waals surface area (Å²) in [7, 11) is 0. The fraction of sp³-hybridized carbons (Fsp3) is 0.409. The number of nitrogens with one attached hydrogen (secondary N) is 2. The van der Waals surface area contributed by atoms with Crippen LogP contribution in [-0.2, 0) is 6.54 Å². The molecular formula is C22H26FN5OS. The number of amides is 1. The first kappa shape index (κ1) is 20.7. The molecule has 3 heterocycles. The summed E-state index contributed by atoms with van der Waals surface area (Å²) in [5.74, 6) is 0.691. The van der Waals surface area contributed by atoms with E-state index in [0.29, 0.717) is 13.1 Å². The van der Waals surface area contributed by atoms with E-state index in [2.05, 4.69) is 29.4 Å². The van der Waals surface area contributed by atoms with Crippen molar-refractivity contribution in [3.8, 4) is 0 Å². The van der Waals surface area contributed by atoms with E-state index < -0.39 is 11.7 Å². The fourth-order valence-electron chi connectivity index (χ4n) is 3.73. The van der Waals surface area contributed by atoms with Gasteiger partial charge in [-0.3, -0.25) is 9.69 Å². The minimum atomic E-state index is -0.517. The Kier molecular flexibility index (Phi) is 6.24. The van der Waals surface area contributed by atoms with Gasteiger partial charge >= 0.3 is 0 Å². The molecule has 0 atom stereocenters. The topological polar surface area (TPSA) is 70.2 Å². The number of fused-ring (bicyclic) bond motifs is 1. The number of hydrogen-bond acceptors (Lipinski definition) is 6. The Hall–Kier alpha value is -2.58. The Morgan fingerprint density at radius 2 is 1.93 bits per heavy atom. The first-order valence-electron chi connectivity index (χ1n) is 10.3. The maximum Gasteiger partial charge on any atom is 0.254 e. The van der Waals surface area contributed by atoms with Crippen molar-refractivity contribution in [2.45, 2.75) is 33.2 Å². The molecule has 30 heavy (non-hydrogen) atoms. The molecule has 0 unspecified atom stereocenters. The minimum Gasteiger partial charge on any atom is -0.368 e. The van der Waals surface area contributed by atoms with Gasteiger partial charge in [0.1, 0.15) is 22.3 Å². The largest absolute Gasteiger partial charge is 0.368 e. The van der Waals surface area contributed by atoms with E-state index in [1.165, 1.54) is 35.4 Å². The highest BCUT2D eigenvalue weighted by atomic mass is 32.1. The van der Waals surface area contributed by atoms with Crippen molar-refractivity contribution in [3.63, 3.8) is 0 Å². The molecule has 0 aliphatic carbocycles. The lowest BCUT2D eigenvalue weighted by atomic mass is 10.2. The summed E-state index contributed by atoms with van der Waals surface area (Å²) in [5.41, 5.74) is 1.24. The SMILES string of the molecule is Cc1sc2nc(CN3CCCC3)nc(NCCNC(=O)c3ccccc3F)c2c1C. The number of anilines is 1.